The second-order valence-electron chi connectivity index (χ2n) is 9.50. The van der Waals surface area contributed by atoms with E-state index in [4.69, 9.17) is 18.9 Å². The van der Waals surface area contributed by atoms with Crippen LogP contribution in [0.5, 0.6) is 17.2 Å². The lowest BCUT2D eigenvalue weighted by atomic mass is 10.1. The third-order valence-electron chi connectivity index (χ3n) is 6.06. The van der Waals surface area contributed by atoms with Crippen LogP contribution in [0.3, 0.4) is 0 Å². The van der Waals surface area contributed by atoms with E-state index in [1.807, 2.05) is 57.2 Å². The van der Waals surface area contributed by atoms with E-state index in [-0.39, 0.29) is 18.2 Å². The summed E-state index contributed by atoms with van der Waals surface area (Å²) in [4.78, 5) is 24.9. The van der Waals surface area contributed by atoms with Gasteiger partial charge in [0.2, 0.25) is 11.0 Å². The predicted molar refractivity (Wildman–Crippen MR) is 169 cm³/mol. The van der Waals surface area contributed by atoms with E-state index in [1.54, 1.807) is 30.3 Å². The largest absolute Gasteiger partial charge is 0.491 e. The first-order valence-electron chi connectivity index (χ1n) is 14.1. The second-order valence-corrected chi connectivity index (χ2v) is 10.6. The van der Waals surface area contributed by atoms with Gasteiger partial charge in [-0.15, -0.1) is 10.2 Å². The van der Waals surface area contributed by atoms with E-state index in [0.717, 1.165) is 22.6 Å². The number of hydrogen-bond donors (Lipinski definition) is 2. The molecule has 4 rings (SSSR count). The molecule has 0 aliphatic rings. The van der Waals surface area contributed by atoms with Crippen LogP contribution in [0.4, 0.5) is 5.13 Å². The van der Waals surface area contributed by atoms with Crippen molar-refractivity contribution in [2.24, 2.45) is 5.10 Å². The normalized spacial score (nSPS) is 10.9. The van der Waals surface area contributed by atoms with Crippen LogP contribution < -0.4 is 25.0 Å². The number of nitrogens with one attached hydrogen (secondary N) is 2. The summed E-state index contributed by atoms with van der Waals surface area (Å²) in [5.74, 6) is 1.29. The first-order valence-corrected chi connectivity index (χ1v) is 14.9. The maximum absolute atomic E-state index is 12.5. The van der Waals surface area contributed by atoms with Gasteiger partial charge in [0, 0.05) is 5.56 Å². The van der Waals surface area contributed by atoms with Gasteiger partial charge in [-0.3, -0.25) is 14.9 Å². The first-order chi connectivity index (χ1) is 21.4. The molecule has 0 saturated heterocycles. The molecule has 1 aromatic heterocycles. The van der Waals surface area contributed by atoms with Crippen molar-refractivity contribution in [2.75, 3.05) is 38.4 Å². The van der Waals surface area contributed by atoms with Crippen LogP contribution in [-0.2, 0) is 16.0 Å². The minimum atomic E-state index is -0.372. The third-order valence-corrected chi connectivity index (χ3v) is 6.90. The fourth-order valence-corrected chi connectivity index (χ4v) is 4.61. The molecule has 0 aliphatic heterocycles. The van der Waals surface area contributed by atoms with Crippen LogP contribution in [0.1, 0.15) is 39.0 Å². The molecule has 0 aliphatic carbocycles. The first kappa shape index (κ1) is 32.1. The summed E-state index contributed by atoms with van der Waals surface area (Å²) in [6, 6.07) is 20.5. The minimum absolute atomic E-state index is 0.0354. The summed E-state index contributed by atoms with van der Waals surface area (Å²) in [6.07, 6.45) is 1.47. The van der Waals surface area contributed by atoms with E-state index in [0.29, 0.717) is 65.8 Å². The van der Waals surface area contributed by atoms with Crippen molar-refractivity contribution in [3.05, 3.63) is 94.0 Å². The van der Waals surface area contributed by atoms with Crippen LogP contribution in [0.25, 0.3) is 0 Å². The molecule has 2 N–H and O–H groups in total. The van der Waals surface area contributed by atoms with Crippen molar-refractivity contribution >= 4 is 34.5 Å². The summed E-state index contributed by atoms with van der Waals surface area (Å²) >= 11 is 1.13. The van der Waals surface area contributed by atoms with Crippen LogP contribution >= 0.6 is 11.3 Å². The van der Waals surface area contributed by atoms with Gasteiger partial charge in [-0.05, 0) is 68.3 Å². The zero-order chi connectivity index (χ0) is 31.1. The summed E-state index contributed by atoms with van der Waals surface area (Å²) < 4.78 is 22.8. The summed E-state index contributed by atoms with van der Waals surface area (Å²) in [5, 5.41) is 15.5. The Labute approximate surface area is 260 Å². The molecule has 0 fully saturated rings. The Bertz CT molecular complexity index is 1560. The summed E-state index contributed by atoms with van der Waals surface area (Å²) in [5.41, 5.74) is 5.78. The monoisotopic (exact) mass is 617 g/mol. The molecule has 11 nitrogen and oxygen atoms in total. The molecule has 2 amide bonds. The number of aryl methyl sites for hydroxylation is 2. The van der Waals surface area contributed by atoms with Gasteiger partial charge in [-0.2, -0.15) is 5.10 Å². The molecular weight excluding hydrogens is 582 g/mol. The lowest BCUT2D eigenvalue weighted by Gasteiger charge is -2.13. The number of carbonyl (C=O) groups is 2. The maximum Gasteiger partial charge on any atom is 0.257 e. The Morgan fingerprint density at radius 1 is 0.886 bits per heavy atom. The number of aromatic nitrogens is 2. The number of rotatable bonds is 16. The van der Waals surface area contributed by atoms with Crippen LogP contribution in [-0.4, -0.2) is 61.3 Å². The number of amides is 2. The smallest absolute Gasteiger partial charge is 0.257 e. The van der Waals surface area contributed by atoms with Gasteiger partial charge < -0.3 is 18.9 Å². The lowest BCUT2D eigenvalue weighted by Crippen LogP contribution is -2.19. The Kier molecular flexibility index (Phi) is 12.2. The number of ether oxygens (including phenoxy) is 4. The third kappa shape index (κ3) is 10.2. The number of anilines is 1. The molecule has 44 heavy (non-hydrogen) atoms. The highest BCUT2D eigenvalue weighted by Gasteiger charge is 2.14. The van der Waals surface area contributed by atoms with Gasteiger partial charge in [-0.1, -0.05) is 47.2 Å². The predicted octanol–water partition coefficient (Wildman–Crippen LogP) is 4.97. The molecule has 0 atom stereocenters. The number of hydrazone groups is 1. The van der Waals surface area contributed by atoms with Gasteiger partial charge in [0.05, 0.1) is 32.5 Å². The van der Waals surface area contributed by atoms with Crippen molar-refractivity contribution < 1.29 is 28.5 Å². The molecule has 3 aromatic carbocycles. The van der Waals surface area contributed by atoms with Gasteiger partial charge in [-0.25, -0.2) is 5.43 Å². The van der Waals surface area contributed by atoms with Crippen LogP contribution in [0.2, 0.25) is 0 Å². The molecule has 1 heterocycles. The molecule has 0 saturated carbocycles. The average molecular weight is 618 g/mol. The van der Waals surface area contributed by atoms with E-state index in [1.165, 1.54) is 11.8 Å². The Morgan fingerprint density at radius 3 is 2.43 bits per heavy atom. The Hall–Kier alpha value is -4.81. The van der Waals surface area contributed by atoms with E-state index in [9.17, 15) is 9.59 Å². The lowest BCUT2D eigenvalue weighted by molar-refractivity contribution is -0.120. The highest BCUT2D eigenvalue weighted by Crippen LogP contribution is 2.28. The molecule has 0 unspecified atom stereocenters. The fraction of sp³-hybridized carbons (Fsp3) is 0.281. The molecule has 12 heteroatoms. The zero-order valence-corrected chi connectivity index (χ0v) is 25.7. The van der Waals surface area contributed by atoms with Crippen molar-refractivity contribution in [1.29, 1.82) is 0 Å². The number of nitrogens with zero attached hydrogens (tertiary/aromatic N) is 3. The molecule has 0 bridgehead atoms. The average Bonchev–Trinajstić information content (AvgIpc) is 3.45. The van der Waals surface area contributed by atoms with Crippen molar-refractivity contribution in [3.63, 3.8) is 0 Å². The molecule has 4 aromatic rings. The van der Waals surface area contributed by atoms with Gasteiger partial charge in [0.1, 0.15) is 24.0 Å². The minimum Gasteiger partial charge on any atom is -0.491 e. The number of carbonyl (C=O) groups excluding carboxylic acids is 2. The standard InChI is InChI=1S/C32H35N5O6S/c1-4-41-28-19-24(11-14-27(28)43-18-16-40-15-17-42-25-12-9-22(2)10-13-25)21-33-35-29(38)20-30-36-37-32(44-30)34-31(39)26-8-6-5-7-23(26)3/h5-14,19,21H,4,15-18,20H2,1-3H3,(H,35,38)(H,34,37,39)/b33-21-. The van der Waals surface area contributed by atoms with Crippen molar-refractivity contribution in [3.8, 4) is 17.2 Å². The Morgan fingerprint density at radius 2 is 1.66 bits per heavy atom. The summed E-state index contributed by atoms with van der Waals surface area (Å²) in [7, 11) is 0. The molecule has 230 valence electrons. The zero-order valence-electron chi connectivity index (χ0n) is 24.9. The second kappa shape index (κ2) is 16.7. The van der Waals surface area contributed by atoms with Crippen LogP contribution in [0, 0.1) is 13.8 Å². The fourth-order valence-electron chi connectivity index (χ4n) is 3.88. The van der Waals surface area contributed by atoms with Crippen molar-refractivity contribution in [2.45, 2.75) is 27.2 Å². The van der Waals surface area contributed by atoms with E-state index in [2.05, 4.69) is 26.0 Å². The molecule has 0 spiro atoms. The number of benzene rings is 3. The van der Waals surface area contributed by atoms with Gasteiger partial charge in [0.25, 0.3) is 5.91 Å². The summed E-state index contributed by atoms with van der Waals surface area (Å²) in [6.45, 7) is 7.86. The quantitative estimate of drug-likeness (QED) is 0.102. The SMILES string of the molecule is CCOc1cc(/C=N\NC(=O)Cc2nnc(NC(=O)c3ccccc3C)s2)ccc1OCCOCCOc1ccc(C)cc1. The van der Waals surface area contributed by atoms with Gasteiger partial charge >= 0.3 is 0 Å². The van der Waals surface area contributed by atoms with Crippen LogP contribution in [0.15, 0.2) is 71.8 Å². The highest BCUT2D eigenvalue weighted by atomic mass is 32.1. The van der Waals surface area contributed by atoms with Crippen molar-refractivity contribution in [1.82, 2.24) is 15.6 Å². The maximum atomic E-state index is 12.5. The number of hydrogen-bond acceptors (Lipinski definition) is 10. The van der Waals surface area contributed by atoms with E-state index < -0.39 is 0 Å². The topological polar surface area (TPSA) is 133 Å². The highest BCUT2D eigenvalue weighted by molar-refractivity contribution is 7.15. The van der Waals surface area contributed by atoms with E-state index >= 15 is 0 Å². The molecular formula is C32H35N5O6S. The van der Waals surface area contributed by atoms with Gasteiger partial charge in [0.15, 0.2) is 11.5 Å². The Balaban J connectivity index is 1.18. The molecule has 0 radical (unpaired) electrons.